The lowest BCUT2D eigenvalue weighted by Crippen LogP contribution is -2.72. The van der Waals surface area contributed by atoms with E-state index in [1.165, 1.54) is 0 Å². The van der Waals surface area contributed by atoms with Crippen molar-refractivity contribution in [3.8, 4) is 0 Å². The first-order valence-corrected chi connectivity index (χ1v) is 7.47. The zero-order valence-electron chi connectivity index (χ0n) is 12.6. The summed E-state index contributed by atoms with van der Waals surface area (Å²) >= 11 is 0. The van der Waals surface area contributed by atoms with Gasteiger partial charge < -0.3 is 15.8 Å². The Morgan fingerprint density at radius 1 is 1.47 bits per heavy atom. The first-order valence-electron chi connectivity index (χ1n) is 7.47. The molecule has 1 aliphatic carbocycles. The van der Waals surface area contributed by atoms with Crippen LogP contribution in [0.2, 0.25) is 0 Å². The molecular formula is C15H28N2O2. The van der Waals surface area contributed by atoms with Crippen LogP contribution in [0.4, 0.5) is 0 Å². The third kappa shape index (κ3) is 3.11. The Bertz CT molecular complexity index is 338. The van der Waals surface area contributed by atoms with Gasteiger partial charge in [0.2, 0.25) is 5.91 Å². The van der Waals surface area contributed by atoms with E-state index in [-0.39, 0.29) is 29.5 Å². The third-order valence-corrected chi connectivity index (χ3v) is 4.97. The van der Waals surface area contributed by atoms with Crippen LogP contribution in [0.3, 0.4) is 0 Å². The van der Waals surface area contributed by atoms with E-state index in [0.717, 1.165) is 19.4 Å². The van der Waals surface area contributed by atoms with Gasteiger partial charge in [0, 0.05) is 25.0 Å². The average molecular weight is 268 g/mol. The maximum absolute atomic E-state index is 12.1. The van der Waals surface area contributed by atoms with Crippen LogP contribution >= 0.6 is 0 Å². The molecular weight excluding hydrogens is 240 g/mol. The van der Waals surface area contributed by atoms with Crippen molar-refractivity contribution in [2.24, 2.45) is 23.0 Å². The first kappa shape index (κ1) is 14.8. The van der Waals surface area contributed by atoms with E-state index in [2.05, 4.69) is 33.0 Å². The number of rotatable bonds is 3. The molecule has 1 amide bonds. The van der Waals surface area contributed by atoms with Crippen molar-refractivity contribution in [3.05, 3.63) is 0 Å². The van der Waals surface area contributed by atoms with Gasteiger partial charge in [-0.05, 0) is 24.2 Å². The summed E-state index contributed by atoms with van der Waals surface area (Å²) in [5, 5.41) is 3.08. The van der Waals surface area contributed by atoms with Gasteiger partial charge >= 0.3 is 0 Å². The molecule has 4 nitrogen and oxygen atoms in total. The van der Waals surface area contributed by atoms with E-state index < -0.39 is 0 Å². The summed E-state index contributed by atoms with van der Waals surface area (Å²) < 4.78 is 5.74. The lowest BCUT2D eigenvalue weighted by Gasteiger charge is -2.52. The molecule has 1 saturated carbocycles. The Morgan fingerprint density at radius 2 is 2.16 bits per heavy atom. The van der Waals surface area contributed by atoms with Crippen LogP contribution in [0.5, 0.6) is 0 Å². The van der Waals surface area contributed by atoms with E-state index in [1.807, 2.05) is 0 Å². The summed E-state index contributed by atoms with van der Waals surface area (Å²) in [6.45, 7) is 9.43. The van der Waals surface area contributed by atoms with Crippen molar-refractivity contribution in [2.45, 2.75) is 65.1 Å². The van der Waals surface area contributed by atoms with Crippen LogP contribution in [0.15, 0.2) is 0 Å². The number of hydrogen-bond donors (Lipinski definition) is 2. The Morgan fingerprint density at radius 3 is 2.79 bits per heavy atom. The Kier molecular flexibility index (Phi) is 4.21. The quantitative estimate of drug-likeness (QED) is 0.818. The van der Waals surface area contributed by atoms with Crippen molar-refractivity contribution >= 4 is 5.91 Å². The van der Waals surface area contributed by atoms with Crippen LogP contribution in [-0.2, 0) is 9.53 Å². The highest BCUT2D eigenvalue weighted by Crippen LogP contribution is 2.37. The predicted molar refractivity (Wildman–Crippen MR) is 75.6 cm³/mol. The molecule has 5 unspecified atom stereocenters. The van der Waals surface area contributed by atoms with Crippen LogP contribution < -0.4 is 11.1 Å². The van der Waals surface area contributed by atoms with E-state index in [0.29, 0.717) is 18.3 Å². The van der Waals surface area contributed by atoms with Gasteiger partial charge in [0.1, 0.15) is 0 Å². The van der Waals surface area contributed by atoms with Gasteiger partial charge in [0.05, 0.1) is 12.1 Å². The highest BCUT2D eigenvalue weighted by molar-refractivity contribution is 5.77. The van der Waals surface area contributed by atoms with Crippen molar-refractivity contribution in [1.82, 2.24) is 5.32 Å². The smallest absolute Gasteiger partial charge is 0.220 e. The fraction of sp³-hybridized carbons (Fsp3) is 0.933. The molecule has 1 aliphatic heterocycles. The Labute approximate surface area is 116 Å². The second-order valence-electron chi connectivity index (χ2n) is 7.28. The van der Waals surface area contributed by atoms with Gasteiger partial charge in [-0.15, -0.1) is 0 Å². The number of nitrogens with one attached hydrogen (secondary N) is 1. The molecule has 2 rings (SSSR count). The van der Waals surface area contributed by atoms with Gasteiger partial charge in [-0.3, -0.25) is 4.79 Å². The average Bonchev–Trinajstić information content (AvgIpc) is 2.34. The van der Waals surface area contributed by atoms with Gasteiger partial charge in [-0.2, -0.15) is 0 Å². The topological polar surface area (TPSA) is 64.4 Å². The standard InChI is InChI=1S/C15H28N2O2/c1-9(15(2,3)4)8-11(18)17-13-12(16)10-6-5-7-19-14(10)13/h9-10,12-14H,5-8,16H2,1-4H3,(H,17,18). The molecule has 0 radical (unpaired) electrons. The minimum absolute atomic E-state index is 0.0185. The minimum atomic E-state index is 0.0185. The molecule has 1 saturated heterocycles. The monoisotopic (exact) mass is 268 g/mol. The predicted octanol–water partition coefficient (Wildman–Crippen LogP) is 1.68. The number of carbonyl (C=O) groups excluding carboxylic acids is 1. The number of hydrogen-bond acceptors (Lipinski definition) is 3. The first-order chi connectivity index (χ1) is 8.80. The van der Waals surface area contributed by atoms with Crippen molar-refractivity contribution in [3.63, 3.8) is 0 Å². The molecule has 3 N–H and O–H groups in total. The van der Waals surface area contributed by atoms with E-state index in [4.69, 9.17) is 10.5 Å². The molecule has 0 bridgehead atoms. The number of nitrogens with two attached hydrogens (primary N) is 1. The zero-order valence-corrected chi connectivity index (χ0v) is 12.6. The number of ether oxygens (including phenoxy) is 1. The normalized spacial score (nSPS) is 36.1. The van der Waals surface area contributed by atoms with Gasteiger partial charge in [0.15, 0.2) is 0 Å². The molecule has 2 fully saturated rings. The molecule has 0 aromatic rings. The van der Waals surface area contributed by atoms with Crippen LogP contribution in [0.25, 0.3) is 0 Å². The fourth-order valence-corrected chi connectivity index (χ4v) is 2.96. The highest BCUT2D eigenvalue weighted by atomic mass is 16.5. The van der Waals surface area contributed by atoms with Gasteiger partial charge in [-0.1, -0.05) is 27.7 Å². The highest BCUT2D eigenvalue weighted by Gasteiger charge is 2.51. The molecule has 4 heteroatoms. The lowest BCUT2D eigenvalue weighted by molar-refractivity contribution is -0.140. The molecule has 19 heavy (non-hydrogen) atoms. The van der Waals surface area contributed by atoms with Gasteiger partial charge in [0.25, 0.3) is 0 Å². The van der Waals surface area contributed by atoms with Crippen LogP contribution in [0, 0.1) is 17.3 Å². The SMILES string of the molecule is CC(CC(=O)NC1C(N)C2CCCOC21)C(C)(C)C. The van der Waals surface area contributed by atoms with E-state index >= 15 is 0 Å². The fourth-order valence-electron chi connectivity index (χ4n) is 2.96. The molecule has 110 valence electrons. The van der Waals surface area contributed by atoms with E-state index in [9.17, 15) is 4.79 Å². The number of fused-ring (bicyclic) bond motifs is 1. The second kappa shape index (κ2) is 5.41. The van der Waals surface area contributed by atoms with Crippen molar-refractivity contribution in [1.29, 1.82) is 0 Å². The summed E-state index contributed by atoms with van der Waals surface area (Å²) in [5.41, 5.74) is 6.30. The number of carbonyl (C=O) groups is 1. The maximum Gasteiger partial charge on any atom is 0.220 e. The Balaban J connectivity index is 1.83. The maximum atomic E-state index is 12.1. The summed E-state index contributed by atoms with van der Waals surface area (Å²) in [6.07, 6.45) is 2.94. The summed E-state index contributed by atoms with van der Waals surface area (Å²) in [6, 6.07) is 0.0872. The molecule has 5 atom stereocenters. The summed E-state index contributed by atoms with van der Waals surface area (Å²) in [4.78, 5) is 12.1. The minimum Gasteiger partial charge on any atom is -0.376 e. The van der Waals surface area contributed by atoms with Gasteiger partial charge in [-0.25, -0.2) is 0 Å². The van der Waals surface area contributed by atoms with E-state index in [1.54, 1.807) is 0 Å². The van der Waals surface area contributed by atoms with Crippen molar-refractivity contribution in [2.75, 3.05) is 6.61 Å². The molecule has 0 aromatic heterocycles. The molecule has 0 spiro atoms. The number of amides is 1. The van der Waals surface area contributed by atoms with Crippen LogP contribution in [0.1, 0.15) is 47.0 Å². The summed E-state index contributed by atoms with van der Waals surface area (Å²) in [5.74, 6) is 0.904. The Hall–Kier alpha value is -0.610. The largest absolute Gasteiger partial charge is 0.376 e. The van der Waals surface area contributed by atoms with Crippen molar-refractivity contribution < 1.29 is 9.53 Å². The molecule has 1 heterocycles. The molecule has 2 aliphatic rings. The third-order valence-electron chi connectivity index (χ3n) is 4.97. The summed E-state index contributed by atoms with van der Waals surface area (Å²) in [7, 11) is 0. The second-order valence-corrected chi connectivity index (χ2v) is 7.28. The zero-order chi connectivity index (χ0) is 14.2. The molecule has 0 aromatic carbocycles. The lowest BCUT2D eigenvalue weighted by atomic mass is 9.68. The van der Waals surface area contributed by atoms with Crippen LogP contribution in [-0.4, -0.2) is 30.7 Å².